The maximum absolute atomic E-state index is 11.9. The molecular formula is C14H20O. The fraction of sp³-hybridized carbons (Fsp3) is 0.786. The molecule has 0 N–H and O–H groups in total. The maximum Gasteiger partial charge on any atom is 0.137 e. The smallest absolute Gasteiger partial charge is 0.137 e. The van der Waals surface area contributed by atoms with Crippen molar-refractivity contribution in [2.75, 3.05) is 0 Å². The van der Waals surface area contributed by atoms with Gasteiger partial charge in [-0.3, -0.25) is 4.79 Å². The van der Waals surface area contributed by atoms with Gasteiger partial charge in [0.05, 0.1) is 0 Å². The molecule has 1 heteroatoms. The minimum atomic E-state index is 0.279. The Hall–Kier alpha value is -0.590. The molecule has 3 saturated carbocycles. The van der Waals surface area contributed by atoms with Gasteiger partial charge in [0.25, 0.3) is 0 Å². The van der Waals surface area contributed by atoms with Crippen molar-refractivity contribution in [3.05, 3.63) is 12.2 Å². The van der Waals surface area contributed by atoms with Crippen LogP contribution in [0.1, 0.15) is 40.0 Å². The van der Waals surface area contributed by atoms with Crippen molar-refractivity contribution in [3.63, 3.8) is 0 Å². The zero-order valence-electron chi connectivity index (χ0n) is 9.97. The third-order valence-corrected chi connectivity index (χ3v) is 5.85. The molecule has 2 unspecified atom stereocenters. The zero-order valence-corrected chi connectivity index (χ0v) is 9.97. The van der Waals surface area contributed by atoms with Crippen LogP contribution in [0.15, 0.2) is 12.2 Å². The van der Waals surface area contributed by atoms with Crippen LogP contribution in [-0.2, 0) is 4.79 Å². The summed E-state index contributed by atoms with van der Waals surface area (Å²) in [4.78, 5) is 11.9. The Morgan fingerprint density at radius 1 is 1.47 bits per heavy atom. The van der Waals surface area contributed by atoms with E-state index in [-0.39, 0.29) is 5.41 Å². The van der Waals surface area contributed by atoms with E-state index in [4.69, 9.17) is 0 Å². The van der Waals surface area contributed by atoms with Gasteiger partial charge in [0.15, 0.2) is 0 Å². The van der Waals surface area contributed by atoms with E-state index in [2.05, 4.69) is 27.4 Å². The third kappa shape index (κ3) is 0.885. The van der Waals surface area contributed by atoms with Crippen LogP contribution in [0.3, 0.4) is 0 Å². The van der Waals surface area contributed by atoms with Crippen molar-refractivity contribution in [1.82, 2.24) is 0 Å². The van der Waals surface area contributed by atoms with Crippen molar-refractivity contribution in [3.8, 4) is 0 Å². The molecule has 0 aromatic carbocycles. The number of carbonyl (C=O) groups is 1. The van der Waals surface area contributed by atoms with Gasteiger partial charge in [0, 0.05) is 12.3 Å². The fourth-order valence-electron chi connectivity index (χ4n) is 4.65. The van der Waals surface area contributed by atoms with E-state index in [0.29, 0.717) is 29.0 Å². The van der Waals surface area contributed by atoms with Crippen molar-refractivity contribution in [1.29, 1.82) is 0 Å². The highest BCUT2D eigenvalue weighted by Gasteiger charge is 2.78. The molecule has 0 saturated heterocycles. The zero-order chi connectivity index (χ0) is 11.0. The van der Waals surface area contributed by atoms with Crippen LogP contribution in [0, 0.1) is 28.6 Å². The summed E-state index contributed by atoms with van der Waals surface area (Å²) in [5.41, 5.74) is 1.96. The molecule has 3 aliphatic rings. The largest absolute Gasteiger partial charge is 0.299 e. The number of carbonyl (C=O) groups excluding carboxylic acids is 1. The van der Waals surface area contributed by atoms with Crippen molar-refractivity contribution in [2.24, 2.45) is 28.6 Å². The van der Waals surface area contributed by atoms with Crippen molar-refractivity contribution >= 4 is 5.78 Å². The molecule has 0 heterocycles. The quantitative estimate of drug-likeness (QED) is 0.599. The van der Waals surface area contributed by atoms with Gasteiger partial charge in [-0.25, -0.2) is 0 Å². The first-order valence-corrected chi connectivity index (χ1v) is 6.08. The molecule has 0 radical (unpaired) electrons. The molecule has 0 aromatic rings. The molecule has 3 rings (SSSR count). The first kappa shape index (κ1) is 9.62. The molecule has 0 bridgehead atoms. The highest BCUT2D eigenvalue weighted by molar-refractivity contribution is 5.90. The predicted molar refractivity (Wildman–Crippen MR) is 60.4 cm³/mol. The van der Waals surface area contributed by atoms with Gasteiger partial charge in [0.1, 0.15) is 5.78 Å². The van der Waals surface area contributed by atoms with Gasteiger partial charge in [-0.15, -0.1) is 0 Å². The lowest BCUT2D eigenvalue weighted by atomic mass is 9.62. The average Bonchev–Trinajstić information content (AvgIpc) is 2.64. The Morgan fingerprint density at radius 3 is 2.67 bits per heavy atom. The van der Waals surface area contributed by atoms with Gasteiger partial charge in [-0.2, -0.15) is 0 Å². The van der Waals surface area contributed by atoms with E-state index in [1.165, 1.54) is 18.4 Å². The van der Waals surface area contributed by atoms with Crippen LogP contribution in [0.2, 0.25) is 0 Å². The molecule has 5 atom stereocenters. The summed E-state index contributed by atoms with van der Waals surface area (Å²) >= 11 is 0. The summed E-state index contributed by atoms with van der Waals surface area (Å²) in [7, 11) is 0. The number of fused-ring (bicyclic) bond motifs is 1. The molecule has 3 aliphatic carbocycles. The van der Waals surface area contributed by atoms with Gasteiger partial charge < -0.3 is 0 Å². The number of ketones is 1. The standard InChI is InChI=1S/C14H20O/c1-8(2)9-5-10-12-11(15)7-13(3,6-9)14(10,12)4/h9-10,12H,1,5-7H2,2-4H3/t9-,10?,12?,13-,14+/m1/s1. The molecule has 0 aromatic heterocycles. The first-order valence-electron chi connectivity index (χ1n) is 6.08. The average molecular weight is 204 g/mol. The summed E-state index contributed by atoms with van der Waals surface area (Å²) in [6, 6.07) is 0. The second-order valence-electron chi connectivity index (χ2n) is 6.55. The Morgan fingerprint density at radius 2 is 2.13 bits per heavy atom. The number of hydrogen-bond acceptors (Lipinski definition) is 1. The summed E-state index contributed by atoms with van der Waals surface area (Å²) < 4.78 is 0. The Kier molecular flexibility index (Phi) is 1.53. The number of rotatable bonds is 1. The maximum atomic E-state index is 11.9. The second kappa shape index (κ2) is 2.39. The highest BCUT2D eigenvalue weighted by Crippen LogP contribution is 2.80. The fourth-order valence-corrected chi connectivity index (χ4v) is 4.65. The molecule has 82 valence electrons. The molecule has 0 aliphatic heterocycles. The molecule has 0 amide bonds. The normalized spacial score (nSPS) is 56.5. The third-order valence-electron chi connectivity index (χ3n) is 5.85. The second-order valence-corrected chi connectivity index (χ2v) is 6.55. The minimum Gasteiger partial charge on any atom is -0.299 e. The molecule has 15 heavy (non-hydrogen) atoms. The number of hydrogen-bond donors (Lipinski definition) is 0. The molecule has 0 spiro atoms. The molecule has 3 fully saturated rings. The Bertz CT molecular complexity index is 370. The van der Waals surface area contributed by atoms with E-state index >= 15 is 0 Å². The summed E-state index contributed by atoms with van der Waals surface area (Å²) in [6.07, 6.45) is 3.24. The predicted octanol–water partition coefficient (Wildman–Crippen LogP) is 3.20. The summed E-state index contributed by atoms with van der Waals surface area (Å²) in [5, 5.41) is 0. The van der Waals surface area contributed by atoms with Crippen LogP contribution in [0.5, 0.6) is 0 Å². The highest BCUT2D eigenvalue weighted by atomic mass is 16.1. The van der Waals surface area contributed by atoms with E-state index in [1.807, 2.05) is 0 Å². The lowest BCUT2D eigenvalue weighted by Gasteiger charge is -2.42. The van der Waals surface area contributed by atoms with Crippen LogP contribution < -0.4 is 0 Å². The lowest BCUT2D eigenvalue weighted by molar-refractivity contribution is -0.121. The van der Waals surface area contributed by atoms with Gasteiger partial charge in [-0.05, 0) is 42.4 Å². The SMILES string of the molecule is C=C(C)[C@@H]1CC2C3C(=O)C[C@@](C)(C1)[C@@]23C. The van der Waals surface area contributed by atoms with Crippen LogP contribution >= 0.6 is 0 Å². The van der Waals surface area contributed by atoms with E-state index in [0.717, 1.165) is 6.42 Å². The van der Waals surface area contributed by atoms with Crippen molar-refractivity contribution < 1.29 is 4.79 Å². The number of Topliss-reactive ketones (excluding diaryl/α,β-unsaturated/α-hetero) is 1. The van der Waals surface area contributed by atoms with Crippen LogP contribution in [0.25, 0.3) is 0 Å². The summed E-state index contributed by atoms with van der Waals surface area (Å²) in [5.74, 6) is 2.31. The van der Waals surface area contributed by atoms with E-state index in [1.54, 1.807) is 0 Å². The minimum absolute atomic E-state index is 0.279. The first-order chi connectivity index (χ1) is 6.90. The number of allylic oxidation sites excluding steroid dienone is 1. The molecular weight excluding hydrogens is 184 g/mol. The van der Waals surface area contributed by atoms with E-state index < -0.39 is 0 Å². The molecule has 1 nitrogen and oxygen atoms in total. The van der Waals surface area contributed by atoms with Gasteiger partial charge >= 0.3 is 0 Å². The van der Waals surface area contributed by atoms with Crippen molar-refractivity contribution in [2.45, 2.75) is 40.0 Å². The van der Waals surface area contributed by atoms with Crippen LogP contribution in [-0.4, -0.2) is 5.78 Å². The topological polar surface area (TPSA) is 17.1 Å². The van der Waals surface area contributed by atoms with Gasteiger partial charge in [-0.1, -0.05) is 26.0 Å². The Balaban J connectivity index is 1.97. The van der Waals surface area contributed by atoms with E-state index in [9.17, 15) is 4.79 Å². The van der Waals surface area contributed by atoms with Crippen LogP contribution in [0.4, 0.5) is 0 Å². The summed E-state index contributed by atoms with van der Waals surface area (Å²) in [6.45, 7) is 10.9. The Labute approximate surface area is 91.9 Å². The monoisotopic (exact) mass is 204 g/mol. The lowest BCUT2D eigenvalue weighted by Crippen LogP contribution is -2.34. The van der Waals surface area contributed by atoms with Gasteiger partial charge in [0.2, 0.25) is 0 Å².